The molecular weight excluding hydrogens is 398 g/mol. The molecule has 0 bridgehead atoms. The van der Waals surface area contributed by atoms with Crippen molar-refractivity contribution in [2.45, 2.75) is 17.9 Å². The fraction of sp³-hybridized carbons (Fsp3) is 0.333. The van der Waals surface area contributed by atoms with E-state index in [1.165, 1.54) is 33.5 Å². The minimum Gasteiger partial charge on any atom is -0.327 e. The maximum atomic E-state index is 13.1. The topological polar surface area (TPSA) is 41.8 Å². The number of nitrogens with zero attached hydrogens (tertiary/aromatic N) is 1. The Hall–Kier alpha value is -1.18. The third kappa shape index (κ3) is 3.89. The zero-order valence-corrected chi connectivity index (χ0v) is 16.6. The molecule has 0 saturated carbocycles. The van der Waals surface area contributed by atoms with Gasteiger partial charge in [-0.2, -0.15) is 4.31 Å². The molecule has 8 heteroatoms. The Kier molecular flexibility index (Phi) is 5.89. The number of piperazine rings is 1. The Balaban J connectivity index is 1.73. The predicted octanol–water partition coefficient (Wildman–Crippen LogP) is 2.78. The molecule has 0 aliphatic carbocycles. The van der Waals surface area contributed by atoms with Crippen LogP contribution in [-0.2, 0) is 10.0 Å². The van der Waals surface area contributed by atoms with E-state index in [1.54, 1.807) is 18.2 Å². The van der Waals surface area contributed by atoms with Gasteiger partial charge in [-0.25, -0.2) is 12.8 Å². The number of hydrogen-bond acceptors (Lipinski definition) is 2. The molecule has 0 amide bonds. The lowest BCUT2D eigenvalue weighted by Gasteiger charge is -2.35. The van der Waals surface area contributed by atoms with Crippen molar-refractivity contribution in [3.05, 3.63) is 63.9 Å². The molecule has 2 aromatic rings. The maximum Gasteiger partial charge on any atom is 0.246 e. The van der Waals surface area contributed by atoms with Crippen LogP contribution >= 0.6 is 23.2 Å². The third-order valence-electron chi connectivity index (χ3n) is 4.86. The molecule has 1 saturated heterocycles. The van der Waals surface area contributed by atoms with E-state index in [4.69, 9.17) is 23.2 Å². The van der Waals surface area contributed by atoms with Gasteiger partial charge in [0.15, 0.2) is 0 Å². The largest absolute Gasteiger partial charge is 0.327 e. The lowest BCUT2D eigenvalue weighted by atomic mass is 10.1. The molecule has 0 radical (unpaired) electrons. The number of quaternary nitrogens is 1. The van der Waals surface area contributed by atoms with Gasteiger partial charge in [0.1, 0.15) is 16.8 Å². The van der Waals surface area contributed by atoms with Gasteiger partial charge in [-0.15, -0.1) is 0 Å². The highest BCUT2D eigenvalue weighted by molar-refractivity contribution is 7.89. The number of rotatable bonds is 4. The molecule has 3 rings (SSSR count). The van der Waals surface area contributed by atoms with Gasteiger partial charge in [0.2, 0.25) is 10.0 Å². The van der Waals surface area contributed by atoms with Crippen molar-refractivity contribution in [2.75, 3.05) is 26.2 Å². The summed E-state index contributed by atoms with van der Waals surface area (Å²) in [5.41, 5.74) is 1.03. The molecule has 1 N–H and O–H groups in total. The first-order chi connectivity index (χ1) is 12.3. The highest BCUT2D eigenvalue weighted by Gasteiger charge is 2.34. The lowest BCUT2D eigenvalue weighted by Crippen LogP contribution is -3.14. The fourth-order valence-corrected chi connectivity index (χ4v) is 5.82. The van der Waals surface area contributed by atoms with Gasteiger partial charge in [0, 0.05) is 5.56 Å². The monoisotopic (exact) mass is 417 g/mol. The smallest absolute Gasteiger partial charge is 0.246 e. The van der Waals surface area contributed by atoms with Crippen LogP contribution in [0, 0.1) is 5.82 Å². The van der Waals surface area contributed by atoms with Gasteiger partial charge < -0.3 is 4.90 Å². The Morgan fingerprint density at radius 3 is 2.12 bits per heavy atom. The first-order valence-corrected chi connectivity index (χ1v) is 10.5. The van der Waals surface area contributed by atoms with Crippen molar-refractivity contribution in [1.82, 2.24) is 4.31 Å². The van der Waals surface area contributed by atoms with E-state index in [-0.39, 0.29) is 26.8 Å². The Morgan fingerprint density at radius 1 is 1.04 bits per heavy atom. The average Bonchev–Trinajstić information content (AvgIpc) is 2.61. The molecule has 140 valence electrons. The quantitative estimate of drug-likeness (QED) is 0.830. The lowest BCUT2D eigenvalue weighted by molar-refractivity contribution is -0.933. The molecule has 0 unspecified atom stereocenters. The van der Waals surface area contributed by atoms with Crippen LogP contribution in [0.4, 0.5) is 4.39 Å². The minimum absolute atomic E-state index is 0.0293. The van der Waals surface area contributed by atoms with Crippen LogP contribution in [0.5, 0.6) is 0 Å². The minimum atomic E-state index is -3.74. The van der Waals surface area contributed by atoms with Gasteiger partial charge in [0.05, 0.1) is 36.2 Å². The molecule has 1 fully saturated rings. The summed E-state index contributed by atoms with van der Waals surface area (Å²) in [5, 5.41) is 0.263. The molecular formula is C18H20Cl2FN2O2S+. The molecule has 1 heterocycles. The SMILES string of the molecule is C[C@H](c1ccc(F)cc1)[NH+]1CCN(S(=O)(=O)c2c(Cl)cccc2Cl)CC1. The van der Waals surface area contributed by atoms with Crippen LogP contribution in [0.3, 0.4) is 0 Å². The van der Waals surface area contributed by atoms with Crippen molar-refractivity contribution in [1.29, 1.82) is 0 Å². The molecule has 1 atom stereocenters. The van der Waals surface area contributed by atoms with E-state index >= 15 is 0 Å². The van der Waals surface area contributed by atoms with Crippen molar-refractivity contribution in [2.24, 2.45) is 0 Å². The summed E-state index contributed by atoms with van der Waals surface area (Å²) in [6, 6.07) is 11.3. The first kappa shape index (κ1) is 19.6. The summed E-state index contributed by atoms with van der Waals surface area (Å²) in [4.78, 5) is 1.23. The maximum absolute atomic E-state index is 13.1. The van der Waals surface area contributed by atoms with Crippen LogP contribution in [-0.4, -0.2) is 38.9 Å². The molecule has 1 aliphatic rings. The molecule has 1 aliphatic heterocycles. The van der Waals surface area contributed by atoms with Gasteiger partial charge in [0.25, 0.3) is 0 Å². The van der Waals surface area contributed by atoms with E-state index in [0.29, 0.717) is 26.2 Å². The molecule has 0 aromatic heterocycles. The zero-order valence-electron chi connectivity index (χ0n) is 14.3. The number of benzene rings is 2. The summed E-state index contributed by atoms with van der Waals surface area (Å²) < 4.78 is 40.4. The summed E-state index contributed by atoms with van der Waals surface area (Å²) >= 11 is 12.2. The standard InChI is InChI=1S/C18H19Cl2FN2O2S/c1-13(14-5-7-15(21)8-6-14)22-9-11-23(12-10-22)26(24,25)18-16(19)3-2-4-17(18)20/h2-8,13H,9-12H2,1H3/p+1/t13-/m1/s1. The molecule has 0 spiro atoms. The highest BCUT2D eigenvalue weighted by atomic mass is 35.5. The van der Waals surface area contributed by atoms with Crippen molar-refractivity contribution in [3.63, 3.8) is 0 Å². The normalized spacial score (nSPS) is 18.0. The van der Waals surface area contributed by atoms with Crippen LogP contribution in [0.25, 0.3) is 0 Å². The Bertz CT molecular complexity index is 862. The zero-order chi connectivity index (χ0) is 18.9. The molecule has 2 aromatic carbocycles. The highest BCUT2D eigenvalue weighted by Crippen LogP contribution is 2.31. The van der Waals surface area contributed by atoms with Gasteiger partial charge in [-0.05, 0) is 31.2 Å². The van der Waals surface area contributed by atoms with Crippen LogP contribution in [0.2, 0.25) is 10.0 Å². The second-order valence-corrected chi connectivity index (χ2v) is 9.08. The first-order valence-electron chi connectivity index (χ1n) is 8.35. The third-order valence-corrected chi connectivity index (χ3v) is 7.72. The second kappa shape index (κ2) is 7.82. The van der Waals surface area contributed by atoms with E-state index < -0.39 is 10.0 Å². The van der Waals surface area contributed by atoms with E-state index in [2.05, 4.69) is 6.92 Å². The summed E-state index contributed by atoms with van der Waals surface area (Å²) in [7, 11) is -3.74. The second-order valence-electron chi connectivity index (χ2n) is 6.39. The number of halogens is 3. The van der Waals surface area contributed by atoms with Crippen LogP contribution in [0.15, 0.2) is 47.4 Å². The number of nitrogens with one attached hydrogen (secondary N) is 1. The average molecular weight is 418 g/mol. The summed E-state index contributed by atoms with van der Waals surface area (Å²) in [6.45, 7) is 4.13. The van der Waals surface area contributed by atoms with Gasteiger partial charge in [-0.3, -0.25) is 0 Å². The van der Waals surface area contributed by atoms with Gasteiger partial charge in [-0.1, -0.05) is 41.4 Å². The number of sulfonamides is 1. The van der Waals surface area contributed by atoms with Gasteiger partial charge >= 0.3 is 0 Å². The summed E-state index contributed by atoms with van der Waals surface area (Å²) in [6.07, 6.45) is 0. The van der Waals surface area contributed by atoms with Crippen molar-refractivity contribution >= 4 is 33.2 Å². The van der Waals surface area contributed by atoms with Crippen LogP contribution < -0.4 is 4.90 Å². The predicted molar refractivity (Wildman–Crippen MR) is 101 cm³/mol. The molecule has 26 heavy (non-hydrogen) atoms. The molecule has 4 nitrogen and oxygen atoms in total. The van der Waals surface area contributed by atoms with Crippen molar-refractivity contribution in [3.8, 4) is 0 Å². The Labute approximate surface area is 163 Å². The van der Waals surface area contributed by atoms with E-state index in [9.17, 15) is 12.8 Å². The van der Waals surface area contributed by atoms with Crippen molar-refractivity contribution < 1.29 is 17.7 Å². The Morgan fingerprint density at radius 2 is 1.58 bits per heavy atom. The fourth-order valence-electron chi connectivity index (χ4n) is 3.29. The number of hydrogen-bond donors (Lipinski definition) is 1. The summed E-state index contributed by atoms with van der Waals surface area (Å²) in [5.74, 6) is -0.261. The van der Waals surface area contributed by atoms with Crippen LogP contribution in [0.1, 0.15) is 18.5 Å². The van der Waals surface area contributed by atoms with E-state index in [1.807, 2.05) is 0 Å². The van der Waals surface area contributed by atoms with E-state index in [0.717, 1.165) is 5.56 Å².